The summed E-state index contributed by atoms with van der Waals surface area (Å²) in [7, 11) is 0. The van der Waals surface area contributed by atoms with Crippen LogP contribution in [0.25, 0.3) is 0 Å². The third-order valence-electron chi connectivity index (χ3n) is 4.43. The zero-order chi connectivity index (χ0) is 12.6. The molecule has 0 bridgehead atoms. The number of nitrogens with zero attached hydrogens (tertiary/aromatic N) is 1. The highest BCUT2D eigenvalue weighted by molar-refractivity contribution is 9.10. The van der Waals surface area contributed by atoms with E-state index in [-0.39, 0.29) is 0 Å². The first-order valence-electron chi connectivity index (χ1n) is 6.86. The fourth-order valence-corrected chi connectivity index (χ4v) is 3.72. The van der Waals surface area contributed by atoms with Crippen LogP contribution in [0.1, 0.15) is 31.2 Å². The van der Waals surface area contributed by atoms with Crippen molar-refractivity contribution in [1.82, 2.24) is 4.90 Å². The standard InChI is InChI=1S/C15H20BrNO/c16-13-5-3-12(4-6-13)10-15(18)7-9-17-8-1-2-14(17)11-15/h3-6,14,18H,1-2,7-11H2. The maximum absolute atomic E-state index is 10.8. The number of fused-ring (bicyclic) bond motifs is 1. The second-order valence-corrected chi connectivity index (χ2v) is 6.73. The molecular weight excluding hydrogens is 290 g/mol. The average molecular weight is 310 g/mol. The Bertz CT molecular complexity index is 419. The van der Waals surface area contributed by atoms with Gasteiger partial charge < -0.3 is 10.0 Å². The maximum Gasteiger partial charge on any atom is 0.0715 e. The van der Waals surface area contributed by atoms with Crippen molar-refractivity contribution in [1.29, 1.82) is 0 Å². The fourth-order valence-electron chi connectivity index (χ4n) is 3.46. The molecule has 2 saturated heterocycles. The molecule has 2 aliphatic rings. The van der Waals surface area contributed by atoms with E-state index in [1.807, 2.05) is 0 Å². The maximum atomic E-state index is 10.8. The third-order valence-corrected chi connectivity index (χ3v) is 4.95. The van der Waals surface area contributed by atoms with Gasteiger partial charge in [0.2, 0.25) is 0 Å². The fraction of sp³-hybridized carbons (Fsp3) is 0.600. The molecule has 98 valence electrons. The lowest BCUT2D eigenvalue weighted by atomic mass is 9.82. The van der Waals surface area contributed by atoms with Crippen molar-refractivity contribution in [2.75, 3.05) is 13.1 Å². The second kappa shape index (κ2) is 4.95. The summed E-state index contributed by atoms with van der Waals surface area (Å²) in [5.74, 6) is 0. The highest BCUT2D eigenvalue weighted by Crippen LogP contribution is 2.35. The average Bonchev–Trinajstić information content (AvgIpc) is 2.79. The summed E-state index contributed by atoms with van der Waals surface area (Å²) in [4.78, 5) is 2.55. The van der Waals surface area contributed by atoms with Crippen LogP contribution in [-0.2, 0) is 6.42 Å². The van der Waals surface area contributed by atoms with Gasteiger partial charge in [-0.25, -0.2) is 0 Å². The van der Waals surface area contributed by atoms with Gasteiger partial charge in [-0.15, -0.1) is 0 Å². The van der Waals surface area contributed by atoms with E-state index >= 15 is 0 Å². The Hall–Kier alpha value is -0.380. The molecule has 2 fully saturated rings. The van der Waals surface area contributed by atoms with Gasteiger partial charge in [0.25, 0.3) is 0 Å². The number of piperidine rings is 1. The van der Waals surface area contributed by atoms with Gasteiger partial charge in [0, 0.05) is 23.5 Å². The van der Waals surface area contributed by atoms with Crippen LogP contribution in [0.4, 0.5) is 0 Å². The van der Waals surface area contributed by atoms with Crippen molar-refractivity contribution in [2.45, 2.75) is 43.7 Å². The first-order chi connectivity index (χ1) is 8.65. The van der Waals surface area contributed by atoms with Crippen LogP contribution < -0.4 is 0 Å². The van der Waals surface area contributed by atoms with Crippen molar-refractivity contribution in [3.8, 4) is 0 Å². The van der Waals surface area contributed by atoms with E-state index in [1.54, 1.807) is 0 Å². The van der Waals surface area contributed by atoms with Gasteiger partial charge in [0.05, 0.1) is 5.60 Å². The zero-order valence-electron chi connectivity index (χ0n) is 10.6. The molecule has 0 spiro atoms. The lowest BCUT2D eigenvalue weighted by Crippen LogP contribution is -2.48. The van der Waals surface area contributed by atoms with Crippen LogP contribution in [-0.4, -0.2) is 34.7 Å². The highest BCUT2D eigenvalue weighted by atomic mass is 79.9. The third kappa shape index (κ3) is 2.63. The number of rotatable bonds is 2. The number of benzene rings is 1. The first-order valence-corrected chi connectivity index (χ1v) is 7.65. The smallest absolute Gasteiger partial charge is 0.0715 e. The molecule has 0 saturated carbocycles. The molecule has 0 radical (unpaired) electrons. The molecule has 2 nitrogen and oxygen atoms in total. The van der Waals surface area contributed by atoms with Crippen molar-refractivity contribution >= 4 is 15.9 Å². The largest absolute Gasteiger partial charge is 0.389 e. The summed E-state index contributed by atoms with van der Waals surface area (Å²) in [6.07, 6.45) is 5.23. The van der Waals surface area contributed by atoms with E-state index in [1.165, 1.54) is 24.9 Å². The molecule has 1 aromatic carbocycles. The SMILES string of the molecule is OC1(Cc2ccc(Br)cc2)CCN2CCCC2C1. The molecule has 0 aromatic heterocycles. The van der Waals surface area contributed by atoms with Gasteiger partial charge in [-0.3, -0.25) is 0 Å². The molecule has 18 heavy (non-hydrogen) atoms. The number of hydrogen-bond donors (Lipinski definition) is 1. The van der Waals surface area contributed by atoms with Crippen molar-refractivity contribution < 1.29 is 5.11 Å². The van der Waals surface area contributed by atoms with E-state index in [4.69, 9.17) is 0 Å². The highest BCUT2D eigenvalue weighted by Gasteiger charge is 2.39. The lowest BCUT2D eigenvalue weighted by Gasteiger charge is -2.41. The van der Waals surface area contributed by atoms with E-state index in [0.717, 1.165) is 30.3 Å². The van der Waals surface area contributed by atoms with Crippen molar-refractivity contribution in [2.24, 2.45) is 0 Å². The van der Waals surface area contributed by atoms with Gasteiger partial charge in [-0.05, 0) is 49.9 Å². The minimum atomic E-state index is -0.487. The van der Waals surface area contributed by atoms with E-state index in [9.17, 15) is 5.11 Å². The topological polar surface area (TPSA) is 23.5 Å². The van der Waals surface area contributed by atoms with Crippen LogP contribution in [0.5, 0.6) is 0 Å². The van der Waals surface area contributed by atoms with E-state index in [2.05, 4.69) is 45.1 Å². The molecule has 1 aromatic rings. The molecule has 2 unspecified atom stereocenters. The molecular formula is C15H20BrNO. The predicted octanol–water partition coefficient (Wildman–Crippen LogP) is 2.98. The van der Waals surface area contributed by atoms with Gasteiger partial charge in [-0.1, -0.05) is 28.1 Å². The monoisotopic (exact) mass is 309 g/mol. The summed E-state index contributed by atoms with van der Waals surface area (Å²) in [5.41, 5.74) is 0.756. The van der Waals surface area contributed by atoms with Crippen molar-refractivity contribution in [3.05, 3.63) is 34.3 Å². The van der Waals surface area contributed by atoms with Crippen LogP contribution in [0.3, 0.4) is 0 Å². The lowest BCUT2D eigenvalue weighted by molar-refractivity contribution is -0.0354. The Kier molecular flexibility index (Phi) is 3.48. The van der Waals surface area contributed by atoms with E-state index < -0.39 is 5.60 Å². The molecule has 1 N–H and O–H groups in total. The van der Waals surface area contributed by atoms with Gasteiger partial charge in [0.15, 0.2) is 0 Å². The minimum Gasteiger partial charge on any atom is -0.389 e. The molecule has 0 aliphatic carbocycles. The molecule has 2 aliphatic heterocycles. The summed E-state index contributed by atoms with van der Waals surface area (Å²) in [5, 5.41) is 10.8. The normalized spacial score (nSPS) is 32.4. The molecule has 2 heterocycles. The Morgan fingerprint density at radius 1 is 1.28 bits per heavy atom. The molecule has 3 rings (SSSR count). The van der Waals surface area contributed by atoms with Crippen LogP contribution in [0, 0.1) is 0 Å². The predicted molar refractivity (Wildman–Crippen MR) is 76.6 cm³/mol. The summed E-state index contributed by atoms with van der Waals surface area (Å²) in [6.45, 7) is 2.30. The van der Waals surface area contributed by atoms with Crippen LogP contribution in [0.15, 0.2) is 28.7 Å². The van der Waals surface area contributed by atoms with Crippen LogP contribution in [0.2, 0.25) is 0 Å². The number of aliphatic hydroxyl groups is 1. The number of hydrogen-bond acceptors (Lipinski definition) is 2. The van der Waals surface area contributed by atoms with Crippen molar-refractivity contribution in [3.63, 3.8) is 0 Å². The Morgan fingerprint density at radius 2 is 2.06 bits per heavy atom. The zero-order valence-corrected chi connectivity index (χ0v) is 12.2. The van der Waals surface area contributed by atoms with Gasteiger partial charge >= 0.3 is 0 Å². The molecule has 0 amide bonds. The Balaban J connectivity index is 1.69. The Morgan fingerprint density at radius 3 is 2.83 bits per heavy atom. The Labute approximate surface area is 117 Å². The molecule has 2 atom stereocenters. The van der Waals surface area contributed by atoms with Crippen LogP contribution >= 0.6 is 15.9 Å². The molecule has 3 heteroatoms. The summed E-state index contributed by atoms with van der Waals surface area (Å²) in [6, 6.07) is 8.97. The van der Waals surface area contributed by atoms with Gasteiger partial charge in [-0.2, -0.15) is 0 Å². The van der Waals surface area contributed by atoms with Gasteiger partial charge in [0.1, 0.15) is 0 Å². The van der Waals surface area contributed by atoms with E-state index in [0.29, 0.717) is 6.04 Å². The second-order valence-electron chi connectivity index (χ2n) is 5.81. The quantitative estimate of drug-likeness (QED) is 0.908. The summed E-state index contributed by atoms with van der Waals surface area (Å²) < 4.78 is 1.10. The minimum absolute atomic E-state index is 0.487. The number of halogens is 1. The summed E-state index contributed by atoms with van der Waals surface area (Å²) >= 11 is 3.45. The first kappa shape index (κ1) is 12.6.